The lowest BCUT2D eigenvalue weighted by molar-refractivity contribution is 0.627. The number of hydrogen-bond acceptors (Lipinski definition) is 1. The Kier molecular flexibility index (Phi) is 2.41. The van der Waals surface area contributed by atoms with Crippen molar-refractivity contribution < 1.29 is 4.39 Å². The molecule has 0 bridgehead atoms. The predicted molar refractivity (Wildman–Crippen MR) is 68.9 cm³/mol. The molecule has 0 unspecified atom stereocenters. The maximum atomic E-state index is 13.3. The van der Waals surface area contributed by atoms with E-state index in [0.29, 0.717) is 0 Å². The Balaban J connectivity index is 2.09. The lowest BCUT2D eigenvalue weighted by Gasteiger charge is -2.28. The van der Waals surface area contributed by atoms with E-state index in [4.69, 9.17) is 0 Å². The molecule has 1 aliphatic heterocycles. The molecule has 0 amide bonds. The number of halogens is 1. The molecule has 0 spiro atoms. The summed E-state index contributed by atoms with van der Waals surface area (Å²) in [6.45, 7) is 0.778. The number of para-hydroxylation sites is 1. The van der Waals surface area contributed by atoms with Gasteiger partial charge in [-0.1, -0.05) is 36.4 Å². The molecule has 0 saturated heterocycles. The Bertz CT molecular complexity index is 575. The van der Waals surface area contributed by atoms with Crippen LogP contribution in [0.3, 0.4) is 0 Å². The number of benzene rings is 2. The fourth-order valence-corrected chi connectivity index (χ4v) is 2.15. The van der Waals surface area contributed by atoms with Gasteiger partial charge in [0.25, 0.3) is 0 Å². The summed E-state index contributed by atoms with van der Waals surface area (Å²) in [4.78, 5) is 2.11. The van der Waals surface area contributed by atoms with Gasteiger partial charge in [-0.2, -0.15) is 0 Å². The molecule has 2 aromatic rings. The zero-order valence-electron chi connectivity index (χ0n) is 9.31. The molecule has 2 aromatic carbocycles. The van der Waals surface area contributed by atoms with E-state index in [1.54, 1.807) is 12.1 Å². The van der Waals surface area contributed by atoms with Gasteiger partial charge in [0, 0.05) is 17.9 Å². The standard InChI is InChI=1S/C15H12FN/c16-13-7-3-8-14(11-13)17-10-4-6-12-5-1-2-9-15(12)17/h1-9,11H,10H2. The van der Waals surface area contributed by atoms with Crippen LogP contribution in [0.25, 0.3) is 6.08 Å². The first-order valence-electron chi connectivity index (χ1n) is 5.63. The van der Waals surface area contributed by atoms with Gasteiger partial charge in [-0.15, -0.1) is 0 Å². The molecular weight excluding hydrogens is 213 g/mol. The maximum absolute atomic E-state index is 13.3. The van der Waals surface area contributed by atoms with E-state index in [2.05, 4.69) is 29.2 Å². The summed E-state index contributed by atoms with van der Waals surface area (Å²) in [5, 5.41) is 0. The minimum absolute atomic E-state index is 0.200. The number of anilines is 2. The molecule has 0 saturated carbocycles. The van der Waals surface area contributed by atoms with Gasteiger partial charge in [0.1, 0.15) is 5.82 Å². The van der Waals surface area contributed by atoms with Crippen molar-refractivity contribution in [3.63, 3.8) is 0 Å². The van der Waals surface area contributed by atoms with Crippen molar-refractivity contribution >= 4 is 17.5 Å². The fraction of sp³-hybridized carbons (Fsp3) is 0.0667. The average molecular weight is 225 g/mol. The van der Waals surface area contributed by atoms with Crippen molar-refractivity contribution in [2.75, 3.05) is 11.4 Å². The van der Waals surface area contributed by atoms with E-state index in [0.717, 1.165) is 17.9 Å². The first-order valence-corrected chi connectivity index (χ1v) is 5.63. The normalized spacial score (nSPS) is 13.6. The SMILES string of the molecule is Fc1cccc(N2CC=Cc3ccccc32)c1. The van der Waals surface area contributed by atoms with Gasteiger partial charge in [0.15, 0.2) is 0 Å². The first-order chi connectivity index (χ1) is 8.34. The highest BCUT2D eigenvalue weighted by atomic mass is 19.1. The fourth-order valence-electron chi connectivity index (χ4n) is 2.15. The maximum Gasteiger partial charge on any atom is 0.125 e. The van der Waals surface area contributed by atoms with Crippen molar-refractivity contribution in [1.82, 2.24) is 0 Å². The highest BCUT2D eigenvalue weighted by Gasteiger charge is 2.14. The molecule has 0 atom stereocenters. The average Bonchev–Trinajstić information content (AvgIpc) is 2.38. The van der Waals surface area contributed by atoms with Crippen molar-refractivity contribution in [2.45, 2.75) is 0 Å². The molecule has 0 fully saturated rings. The van der Waals surface area contributed by atoms with E-state index in [-0.39, 0.29) is 5.82 Å². The molecule has 0 N–H and O–H groups in total. The molecule has 84 valence electrons. The highest BCUT2D eigenvalue weighted by molar-refractivity contribution is 5.77. The molecular formula is C15H12FN. The van der Waals surface area contributed by atoms with Crippen LogP contribution in [0.4, 0.5) is 15.8 Å². The van der Waals surface area contributed by atoms with Gasteiger partial charge in [-0.3, -0.25) is 0 Å². The van der Waals surface area contributed by atoms with Crippen LogP contribution < -0.4 is 4.90 Å². The summed E-state index contributed by atoms with van der Waals surface area (Å²) < 4.78 is 13.3. The molecule has 2 heteroatoms. The molecule has 17 heavy (non-hydrogen) atoms. The van der Waals surface area contributed by atoms with Crippen LogP contribution in [0, 0.1) is 5.82 Å². The topological polar surface area (TPSA) is 3.24 Å². The van der Waals surface area contributed by atoms with Crippen molar-refractivity contribution in [1.29, 1.82) is 0 Å². The summed E-state index contributed by atoms with van der Waals surface area (Å²) in [6.07, 6.45) is 4.19. The van der Waals surface area contributed by atoms with Gasteiger partial charge in [0.05, 0.1) is 0 Å². The minimum atomic E-state index is -0.200. The van der Waals surface area contributed by atoms with Crippen molar-refractivity contribution in [2.24, 2.45) is 0 Å². The molecule has 1 nitrogen and oxygen atoms in total. The van der Waals surface area contributed by atoms with Crippen LogP contribution in [-0.4, -0.2) is 6.54 Å². The quantitative estimate of drug-likeness (QED) is 0.709. The third kappa shape index (κ3) is 1.82. The number of hydrogen-bond donors (Lipinski definition) is 0. The Labute approximate surface area is 99.8 Å². The lowest BCUT2D eigenvalue weighted by Crippen LogP contribution is -2.20. The monoisotopic (exact) mass is 225 g/mol. The van der Waals surface area contributed by atoms with E-state index in [1.807, 2.05) is 18.2 Å². The second kappa shape index (κ2) is 4.06. The van der Waals surface area contributed by atoms with Crippen molar-refractivity contribution in [3.8, 4) is 0 Å². The van der Waals surface area contributed by atoms with Gasteiger partial charge >= 0.3 is 0 Å². The lowest BCUT2D eigenvalue weighted by atomic mass is 10.1. The molecule has 1 heterocycles. The molecule has 1 aliphatic rings. The summed E-state index contributed by atoms with van der Waals surface area (Å²) in [7, 11) is 0. The van der Waals surface area contributed by atoms with Crippen LogP contribution in [-0.2, 0) is 0 Å². The molecule has 0 aliphatic carbocycles. The highest BCUT2D eigenvalue weighted by Crippen LogP contribution is 2.32. The second-order valence-corrected chi connectivity index (χ2v) is 4.05. The van der Waals surface area contributed by atoms with Gasteiger partial charge < -0.3 is 4.90 Å². The molecule has 0 radical (unpaired) electrons. The van der Waals surface area contributed by atoms with E-state index in [1.165, 1.54) is 11.6 Å². The van der Waals surface area contributed by atoms with Crippen LogP contribution in [0.1, 0.15) is 5.56 Å². The summed E-state index contributed by atoms with van der Waals surface area (Å²) in [5.74, 6) is -0.200. The van der Waals surface area contributed by atoms with Crippen molar-refractivity contribution in [3.05, 3.63) is 66.0 Å². The Morgan fingerprint density at radius 1 is 1.00 bits per heavy atom. The zero-order valence-corrected chi connectivity index (χ0v) is 9.31. The third-order valence-corrected chi connectivity index (χ3v) is 2.93. The number of nitrogens with zero attached hydrogens (tertiary/aromatic N) is 1. The molecule has 3 rings (SSSR count). The van der Waals surface area contributed by atoms with Gasteiger partial charge in [-0.05, 0) is 29.8 Å². The predicted octanol–water partition coefficient (Wildman–Crippen LogP) is 3.99. The number of rotatable bonds is 1. The Morgan fingerprint density at radius 3 is 2.76 bits per heavy atom. The van der Waals surface area contributed by atoms with Gasteiger partial charge in [0.2, 0.25) is 0 Å². The molecule has 0 aromatic heterocycles. The van der Waals surface area contributed by atoms with Crippen LogP contribution in [0.5, 0.6) is 0 Å². The number of fused-ring (bicyclic) bond motifs is 1. The summed E-state index contributed by atoms with van der Waals surface area (Å²) >= 11 is 0. The summed E-state index contributed by atoms with van der Waals surface area (Å²) in [5.41, 5.74) is 3.19. The van der Waals surface area contributed by atoms with Crippen LogP contribution in [0.15, 0.2) is 54.6 Å². The largest absolute Gasteiger partial charge is 0.337 e. The van der Waals surface area contributed by atoms with Gasteiger partial charge in [-0.25, -0.2) is 4.39 Å². The summed E-state index contributed by atoms with van der Waals surface area (Å²) in [6, 6.07) is 14.8. The Morgan fingerprint density at radius 2 is 1.88 bits per heavy atom. The zero-order chi connectivity index (χ0) is 11.7. The van der Waals surface area contributed by atoms with E-state index >= 15 is 0 Å². The second-order valence-electron chi connectivity index (χ2n) is 4.05. The van der Waals surface area contributed by atoms with E-state index in [9.17, 15) is 4.39 Å². The third-order valence-electron chi connectivity index (χ3n) is 2.93. The van der Waals surface area contributed by atoms with Crippen LogP contribution in [0.2, 0.25) is 0 Å². The first kappa shape index (κ1) is 10.1. The Hall–Kier alpha value is -2.09. The van der Waals surface area contributed by atoms with E-state index < -0.39 is 0 Å². The van der Waals surface area contributed by atoms with Crippen LogP contribution >= 0.6 is 0 Å². The minimum Gasteiger partial charge on any atom is -0.337 e. The smallest absolute Gasteiger partial charge is 0.125 e.